The highest BCUT2D eigenvalue weighted by atomic mass is 35.5. The Balaban J connectivity index is 2.29. The monoisotopic (exact) mass is 274 g/mol. The van der Waals surface area contributed by atoms with Crippen molar-refractivity contribution in [2.45, 2.75) is 6.42 Å². The molecule has 0 atom stereocenters. The van der Waals surface area contributed by atoms with E-state index >= 15 is 0 Å². The van der Waals surface area contributed by atoms with Gasteiger partial charge in [0, 0.05) is 17.3 Å². The third-order valence-corrected chi connectivity index (χ3v) is 3.07. The third-order valence-electron chi connectivity index (χ3n) is 1.89. The van der Waals surface area contributed by atoms with Gasteiger partial charge >= 0.3 is 0 Å². The molecule has 0 amide bonds. The lowest BCUT2D eigenvalue weighted by molar-refractivity contribution is 0.855. The summed E-state index contributed by atoms with van der Waals surface area (Å²) in [6, 6.07) is 7.50. The number of anilines is 1. The Kier molecular flexibility index (Phi) is 6.61. The quantitative estimate of drug-likeness (QED) is 0.635. The van der Waals surface area contributed by atoms with E-state index in [0.717, 1.165) is 24.4 Å². The fourth-order valence-electron chi connectivity index (χ4n) is 1.16. The molecule has 0 radical (unpaired) electrons. The maximum Gasteiger partial charge on any atom is 0.170 e. The first-order chi connectivity index (χ1) is 7.72. The minimum Gasteiger partial charge on any atom is -0.362 e. The number of benzene rings is 1. The lowest BCUT2D eigenvalue weighted by Gasteiger charge is -2.10. The van der Waals surface area contributed by atoms with E-state index in [1.807, 2.05) is 36.0 Å². The highest BCUT2D eigenvalue weighted by Crippen LogP contribution is 2.14. The zero-order valence-electron chi connectivity index (χ0n) is 9.13. The van der Waals surface area contributed by atoms with Crippen LogP contribution in [-0.4, -0.2) is 23.7 Å². The van der Waals surface area contributed by atoms with Gasteiger partial charge in [-0.05, 0) is 48.8 Å². The number of rotatable bonds is 5. The average molecular weight is 275 g/mol. The Labute approximate surface area is 111 Å². The molecule has 1 rings (SSSR count). The number of hydrogen-bond acceptors (Lipinski definition) is 2. The topological polar surface area (TPSA) is 24.1 Å². The molecule has 0 aliphatic rings. The van der Waals surface area contributed by atoms with Crippen LogP contribution in [0.25, 0.3) is 0 Å². The summed E-state index contributed by atoms with van der Waals surface area (Å²) in [4.78, 5) is 0. The standard InChI is InChI=1S/C11H15ClN2S2/c1-16-7-3-6-13-11(15)14-10-5-2-4-9(12)8-10/h2,4-5,8H,3,6-7H2,1H3,(H2,13,14,15). The summed E-state index contributed by atoms with van der Waals surface area (Å²) in [5, 5.41) is 7.58. The summed E-state index contributed by atoms with van der Waals surface area (Å²) in [5.74, 6) is 1.15. The zero-order valence-corrected chi connectivity index (χ0v) is 11.5. The van der Waals surface area contributed by atoms with Gasteiger partial charge in [0.15, 0.2) is 5.11 Å². The smallest absolute Gasteiger partial charge is 0.170 e. The van der Waals surface area contributed by atoms with E-state index in [1.54, 1.807) is 0 Å². The minimum atomic E-state index is 0.642. The Morgan fingerprint density at radius 1 is 1.50 bits per heavy atom. The molecule has 88 valence electrons. The number of thioether (sulfide) groups is 1. The van der Waals surface area contributed by atoms with E-state index in [2.05, 4.69) is 16.9 Å². The van der Waals surface area contributed by atoms with E-state index in [0.29, 0.717) is 10.1 Å². The summed E-state index contributed by atoms with van der Waals surface area (Å²) in [5.41, 5.74) is 0.912. The molecule has 0 bridgehead atoms. The van der Waals surface area contributed by atoms with Crippen molar-refractivity contribution >= 4 is 46.4 Å². The van der Waals surface area contributed by atoms with E-state index in [-0.39, 0.29) is 0 Å². The third kappa shape index (κ3) is 5.58. The van der Waals surface area contributed by atoms with Crippen LogP contribution in [0.1, 0.15) is 6.42 Å². The van der Waals surface area contributed by atoms with Gasteiger partial charge in [0.1, 0.15) is 0 Å². The van der Waals surface area contributed by atoms with Crippen molar-refractivity contribution in [1.82, 2.24) is 5.32 Å². The summed E-state index contributed by atoms with van der Waals surface area (Å²) < 4.78 is 0. The second-order valence-electron chi connectivity index (χ2n) is 3.24. The maximum absolute atomic E-state index is 5.87. The molecule has 16 heavy (non-hydrogen) atoms. The Morgan fingerprint density at radius 2 is 2.31 bits per heavy atom. The first kappa shape index (κ1) is 13.6. The first-order valence-corrected chi connectivity index (χ1v) is 7.20. The highest BCUT2D eigenvalue weighted by Gasteiger charge is 1.97. The number of nitrogens with one attached hydrogen (secondary N) is 2. The fraction of sp³-hybridized carbons (Fsp3) is 0.364. The van der Waals surface area contributed by atoms with Gasteiger partial charge < -0.3 is 10.6 Å². The molecule has 0 unspecified atom stereocenters. The molecular weight excluding hydrogens is 260 g/mol. The molecule has 0 fully saturated rings. The Bertz CT molecular complexity index is 345. The molecule has 1 aromatic rings. The Morgan fingerprint density at radius 3 is 3.00 bits per heavy atom. The molecule has 2 nitrogen and oxygen atoms in total. The molecule has 0 aliphatic carbocycles. The summed E-state index contributed by atoms with van der Waals surface area (Å²) in [7, 11) is 0. The zero-order chi connectivity index (χ0) is 11.8. The molecule has 0 saturated heterocycles. The van der Waals surface area contributed by atoms with Gasteiger partial charge in [-0.1, -0.05) is 17.7 Å². The van der Waals surface area contributed by atoms with Crippen LogP contribution in [0.3, 0.4) is 0 Å². The number of hydrogen-bond donors (Lipinski definition) is 2. The van der Waals surface area contributed by atoms with E-state index in [4.69, 9.17) is 23.8 Å². The molecule has 0 spiro atoms. The predicted molar refractivity (Wildman–Crippen MR) is 78.7 cm³/mol. The van der Waals surface area contributed by atoms with Crippen molar-refractivity contribution in [3.8, 4) is 0 Å². The second kappa shape index (κ2) is 7.76. The summed E-state index contributed by atoms with van der Waals surface area (Å²) >= 11 is 12.9. The van der Waals surface area contributed by atoms with Crippen LogP contribution in [0, 0.1) is 0 Å². The van der Waals surface area contributed by atoms with Crippen LogP contribution in [0.2, 0.25) is 5.02 Å². The summed E-state index contributed by atoms with van der Waals surface area (Å²) in [6.45, 7) is 0.896. The molecule has 5 heteroatoms. The number of thiocarbonyl (C=S) groups is 1. The molecule has 0 saturated carbocycles. The highest BCUT2D eigenvalue weighted by molar-refractivity contribution is 7.98. The van der Waals surface area contributed by atoms with Crippen LogP contribution >= 0.6 is 35.6 Å². The summed E-state index contributed by atoms with van der Waals surface area (Å²) in [6.07, 6.45) is 3.21. The second-order valence-corrected chi connectivity index (χ2v) is 5.07. The minimum absolute atomic E-state index is 0.642. The normalized spacial score (nSPS) is 9.88. The van der Waals surface area contributed by atoms with Gasteiger partial charge in [0.05, 0.1) is 0 Å². The van der Waals surface area contributed by atoms with Crippen LogP contribution in [0.4, 0.5) is 5.69 Å². The van der Waals surface area contributed by atoms with Gasteiger partial charge in [-0.25, -0.2) is 0 Å². The molecule has 2 N–H and O–H groups in total. The SMILES string of the molecule is CSCCCNC(=S)Nc1cccc(Cl)c1. The number of halogens is 1. The lowest BCUT2D eigenvalue weighted by Crippen LogP contribution is -2.29. The van der Waals surface area contributed by atoms with Crippen molar-refractivity contribution < 1.29 is 0 Å². The van der Waals surface area contributed by atoms with Gasteiger partial charge in [0.25, 0.3) is 0 Å². The fourth-order valence-corrected chi connectivity index (χ4v) is 2.00. The maximum atomic E-state index is 5.87. The van der Waals surface area contributed by atoms with Crippen LogP contribution < -0.4 is 10.6 Å². The lowest BCUT2D eigenvalue weighted by atomic mass is 10.3. The van der Waals surface area contributed by atoms with Crippen molar-refractivity contribution in [3.63, 3.8) is 0 Å². The van der Waals surface area contributed by atoms with Crippen molar-refractivity contribution in [2.75, 3.05) is 23.9 Å². The van der Waals surface area contributed by atoms with Crippen molar-refractivity contribution in [2.24, 2.45) is 0 Å². The van der Waals surface area contributed by atoms with Gasteiger partial charge in [0.2, 0.25) is 0 Å². The average Bonchev–Trinajstić information content (AvgIpc) is 2.24. The van der Waals surface area contributed by atoms with E-state index < -0.39 is 0 Å². The van der Waals surface area contributed by atoms with E-state index in [1.165, 1.54) is 0 Å². The van der Waals surface area contributed by atoms with Crippen LogP contribution in [0.5, 0.6) is 0 Å². The van der Waals surface area contributed by atoms with Gasteiger partial charge in [-0.2, -0.15) is 11.8 Å². The Hall–Kier alpha value is -0.450. The molecule has 0 heterocycles. The first-order valence-electron chi connectivity index (χ1n) is 5.01. The van der Waals surface area contributed by atoms with Gasteiger partial charge in [-0.15, -0.1) is 0 Å². The van der Waals surface area contributed by atoms with Crippen LogP contribution in [-0.2, 0) is 0 Å². The van der Waals surface area contributed by atoms with Crippen molar-refractivity contribution in [3.05, 3.63) is 29.3 Å². The molecular formula is C11H15ClN2S2. The predicted octanol–water partition coefficient (Wildman–Crippen LogP) is 3.38. The molecule has 1 aromatic carbocycles. The van der Waals surface area contributed by atoms with Gasteiger partial charge in [-0.3, -0.25) is 0 Å². The molecule has 0 aliphatic heterocycles. The van der Waals surface area contributed by atoms with Crippen molar-refractivity contribution in [1.29, 1.82) is 0 Å². The van der Waals surface area contributed by atoms with Crippen LogP contribution in [0.15, 0.2) is 24.3 Å². The van der Waals surface area contributed by atoms with E-state index in [9.17, 15) is 0 Å². The largest absolute Gasteiger partial charge is 0.362 e. The molecule has 0 aromatic heterocycles.